The highest BCUT2D eigenvalue weighted by Gasteiger charge is 2.19. The minimum absolute atomic E-state index is 0.257. The molecule has 3 aromatic carbocycles. The van der Waals surface area contributed by atoms with E-state index in [1.54, 1.807) is 18.2 Å². The number of carbonyl (C=O) groups excluding carboxylic acids is 1. The monoisotopic (exact) mass is 309 g/mol. The molecule has 0 aliphatic heterocycles. The van der Waals surface area contributed by atoms with Gasteiger partial charge in [-0.25, -0.2) is 4.79 Å². The van der Waals surface area contributed by atoms with E-state index in [-0.39, 0.29) is 17.0 Å². The average molecular weight is 309 g/mol. The molecule has 0 atom stereocenters. The molecule has 0 fully saturated rings. The molecule has 6 heteroatoms. The van der Waals surface area contributed by atoms with Crippen molar-refractivity contribution in [3.8, 4) is 11.5 Å². The summed E-state index contributed by atoms with van der Waals surface area (Å²) in [7, 11) is 0. The second kappa shape index (κ2) is 5.76. The van der Waals surface area contributed by atoms with E-state index in [1.807, 2.05) is 24.3 Å². The van der Waals surface area contributed by atoms with Crippen LogP contribution in [0.3, 0.4) is 0 Å². The maximum absolute atomic E-state index is 12.2. The Hall–Kier alpha value is -3.41. The van der Waals surface area contributed by atoms with Crippen molar-refractivity contribution in [2.24, 2.45) is 0 Å². The SMILES string of the molecule is O=C(Oc1cccc2ccccc12)c1cc([N+](=O)[O-])ccc1O. The first kappa shape index (κ1) is 14.5. The van der Waals surface area contributed by atoms with E-state index in [1.165, 1.54) is 0 Å². The molecule has 0 spiro atoms. The first-order valence-electron chi connectivity index (χ1n) is 6.73. The Bertz CT molecular complexity index is 915. The molecule has 3 rings (SSSR count). The topological polar surface area (TPSA) is 89.7 Å². The molecular formula is C17H11NO5. The molecule has 1 N–H and O–H groups in total. The molecule has 0 aromatic heterocycles. The Morgan fingerprint density at radius 3 is 2.57 bits per heavy atom. The van der Waals surface area contributed by atoms with Crippen LogP contribution in [0, 0.1) is 10.1 Å². The molecule has 0 saturated carbocycles. The van der Waals surface area contributed by atoms with E-state index in [0.717, 1.165) is 29.0 Å². The number of nitro benzene ring substituents is 1. The third-order valence-corrected chi connectivity index (χ3v) is 3.36. The smallest absolute Gasteiger partial charge is 0.347 e. The van der Waals surface area contributed by atoms with Crippen LogP contribution in [0.4, 0.5) is 5.69 Å². The van der Waals surface area contributed by atoms with Crippen LogP contribution >= 0.6 is 0 Å². The van der Waals surface area contributed by atoms with Crippen LogP contribution in [0.25, 0.3) is 10.8 Å². The van der Waals surface area contributed by atoms with Crippen molar-refractivity contribution in [1.29, 1.82) is 0 Å². The number of rotatable bonds is 3. The van der Waals surface area contributed by atoms with E-state index in [9.17, 15) is 20.0 Å². The molecule has 23 heavy (non-hydrogen) atoms. The summed E-state index contributed by atoms with van der Waals surface area (Å²) in [4.78, 5) is 22.4. The molecule has 0 aliphatic carbocycles. The Balaban J connectivity index is 1.98. The predicted octanol–water partition coefficient (Wildman–Crippen LogP) is 3.67. The van der Waals surface area contributed by atoms with Gasteiger partial charge in [-0.1, -0.05) is 36.4 Å². The molecule has 0 aliphatic rings. The van der Waals surface area contributed by atoms with E-state index in [2.05, 4.69) is 0 Å². The van der Waals surface area contributed by atoms with Crippen molar-refractivity contribution >= 4 is 22.4 Å². The van der Waals surface area contributed by atoms with Crippen LogP contribution in [-0.2, 0) is 0 Å². The lowest BCUT2D eigenvalue weighted by atomic mass is 10.1. The number of benzene rings is 3. The summed E-state index contributed by atoms with van der Waals surface area (Å²) in [5, 5.41) is 22.2. The fraction of sp³-hybridized carbons (Fsp3) is 0. The summed E-state index contributed by atoms with van der Waals surface area (Å²) in [6.07, 6.45) is 0. The second-order valence-corrected chi connectivity index (χ2v) is 4.83. The fourth-order valence-corrected chi connectivity index (χ4v) is 2.24. The summed E-state index contributed by atoms with van der Waals surface area (Å²) >= 11 is 0. The molecule has 0 bridgehead atoms. The number of non-ortho nitro benzene ring substituents is 1. The summed E-state index contributed by atoms with van der Waals surface area (Å²) in [6, 6.07) is 15.8. The van der Waals surface area contributed by atoms with Crippen LogP contribution in [0.1, 0.15) is 10.4 Å². The van der Waals surface area contributed by atoms with Crippen LogP contribution in [0.15, 0.2) is 60.7 Å². The van der Waals surface area contributed by atoms with Crippen LogP contribution in [0.2, 0.25) is 0 Å². The van der Waals surface area contributed by atoms with Crippen molar-refractivity contribution in [2.45, 2.75) is 0 Å². The highest BCUT2D eigenvalue weighted by molar-refractivity contribution is 5.97. The third-order valence-electron chi connectivity index (χ3n) is 3.36. The number of carbonyl (C=O) groups is 1. The van der Waals surface area contributed by atoms with Crippen molar-refractivity contribution in [3.63, 3.8) is 0 Å². The minimum Gasteiger partial charge on any atom is -0.507 e. The highest BCUT2D eigenvalue weighted by atomic mass is 16.6. The van der Waals surface area contributed by atoms with Gasteiger partial charge in [0, 0.05) is 17.5 Å². The second-order valence-electron chi connectivity index (χ2n) is 4.83. The predicted molar refractivity (Wildman–Crippen MR) is 83.7 cm³/mol. The lowest BCUT2D eigenvalue weighted by Crippen LogP contribution is -2.09. The number of ether oxygens (including phenoxy) is 1. The normalized spacial score (nSPS) is 10.4. The fourth-order valence-electron chi connectivity index (χ4n) is 2.24. The van der Waals surface area contributed by atoms with Gasteiger partial charge in [0.2, 0.25) is 0 Å². The molecule has 0 amide bonds. The van der Waals surface area contributed by atoms with Gasteiger partial charge in [0.05, 0.1) is 4.92 Å². The van der Waals surface area contributed by atoms with Crippen molar-refractivity contribution in [2.75, 3.05) is 0 Å². The Morgan fingerprint density at radius 1 is 1.04 bits per heavy atom. The van der Waals surface area contributed by atoms with E-state index < -0.39 is 10.9 Å². The number of aromatic hydroxyl groups is 1. The van der Waals surface area contributed by atoms with Crippen molar-refractivity contribution < 1.29 is 19.6 Å². The van der Waals surface area contributed by atoms with Gasteiger partial charge >= 0.3 is 5.97 Å². The molecule has 0 heterocycles. The molecule has 3 aromatic rings. The van der Waals surface area contributed by atoms with Gasteiger partial charge in [0.15, 0.2) is 0 Å². The van der Waals surface area contributed by atoms with Gasteiger partial charge in [-0.15, -0.1) is 0 Å². The Morgan fingerprint density at radius 2 is 1.78 bits per heavy atom. The Labute approximate surface area is 130 Å². The average Bonchev–Trinajstić information content (AvgIpc) is 2.55. The number of fused-ring (bicyclic) bond motifs is 1. The zero-order chi connectivity index (χ0) is 16.4. The summed E-state index contributed by atoms with van der Waals surface area (Å²) in [6.45, 7) is 0. The quantitative estimate of drug-likeness (QED) is 0.345. The number of esters is 1. The molecule has 0 saturated heterocycles. The van der Waals surface area contributed by atoms with E-state index in [0.29, 0.717) is 5.75 Å². The third kappa shape index (κ3) is 2.82. The Kier molecular flexibility index (Phi) is 3.64. The first-order valence-corrected chi connectivity index (χ1v) is 6.73. The standard InChI is InChI=1S/C17H11NO5/c19-15-9-8-12(18(21)22)10-14(15)17(20)23-16-7-3-5-11-4-1-2-6-13(11)16/h1-10,19H. The molecule has 0 unspecified atom stereocenters. The maximum atomic E-state index is 12.2. The van der Waals surface area contributed by atoms with Gasteiger partial charge in [-0.05, 0) is 17.5 Å². The zero-order valence-corrected chi connectivity index (χ0v) is 11.8. The van der Waals surface area contributed by atoms with Crippen LogP contribution in [-0.4, -0.2) is 16.0 Å². The van der Waals surface area contributed by atoms with Gasteiger partial charge in [-0.3, -0.25) is 10.1 Å². The lowest BCUT2D eigenvalue weighted by Gasteiger charge is -2.08. The molecule has 6 nitrogen and oxygen atoms in total. The lowest BCUT2D eigenvalue weighted by molar-refractivity contribution is -0.384. The van der Waals surface area contributed by atoms with Gasteiger partial charge in [0.25, 0.3) is 5.69 Å². The number of hydrogen-bond donors (Lipinski definition) is 1. The van der Waals surface area contributed by atoms with Crippen LogP contribution < -0.4 is 4.74 Å². The molecular weight excluding hydrogens is 298 g/mol. The number of phenolic OH excluding ortho intramolecular Hbond substituents is 1. The highest BCUT2D eigenvalue weighted by Crippen LogP contribution is 2.28. The van der Waals surface area contributed by atoms with Gasteiger partial charge < -0.3 is 9.84 Å². The maximum Gasteiger partial charge on any atom is 0.347 e. The van der Waals surface area contributed by atoms with E-state index >= 15 is 0 Å². The van der Waals surface area contributed by atoms with E-state index in [4.69, 9.17) is 4.74 Å². The zero-order valence-electron chi connectivity index (χ0n) is 11.8. The van der Waals surface area contributed by atoms with Crippen molar-refractivity contribution in [3.05, 3.63) is 76.3 Å². The summed E-state index contributed by atoms with van der Waals surface area (Å²) in [5.74, 6) is -0.914. The number of hydrogen-bond acceptors (Lipinski definition) is 5. The number of phenols is 1. The van der Waals surface area contributed by atoms with Gasteiger partial charge in [-0.2, -0.15) is 0 Å². The van der Waals surface area contributed by atoms with Crippen LogP contribution in [0.5, 0.6) is 11.5 Å². The largest absolute Gasteiger partial charge is 0.507 e. The summed E-state index contributed by atoms with van der Waals surface area (Å²) < 4.78 is 5.31. The number of nitro groups is 1. The first-order chi connectivity index (χ1) is 11.1. The summed E-state index contributed by atoms with van der Waals surface area (Å²) in [5.41, 5.74) is -0.556. The molecule has 114 valence electrons. The van der Waals surface area contributed by atoms with Gasteiger partial charge in [0.1, 0.15) is 17.1 Å². The molecule has 0 radical (unpaired) electrons. The van der Waals surface area contributed by atoms with Crippen molar-refractivity contribution in [1.82, 2.24) is 0 Å². The number of nitrogens with zero attached hydrogens (tertiary/aromatic N) is 1. The minimum atomic E-state index is -0.859.